The molecule has 18 heavy (non-hydrogen) atoms. The van der Waals surface area contributed by atoms with E-state index in [1.807, 2.05) is 25.1 Å². The van der Waals surface area contributed by atoms with E-state index in [1.165, 1.54) is 0 Å². The summed E-state index contributed by atoms with van der Waals surface area (Å²) in [5.74, 6) is -0.0170. The molecule has 0 unspecified atom stereocenters. The van der Waals surface area contributed by atoms with Gasteiger partial charge in [-0.1, -0.05) is 11.6 Å². The molecule has 0 spiro atoms. The van der Waals surface area contributed by atoms with Crippen LogP contribution in [-0.4, -0.2) is 39.3 Å². The van der Waals surface area contributed by atoms with Crippen LogP contribution in [0.15, 0.2) is 18.2 Å². The number of aryl methyl sites for hydroxylation is 1. The summed E-state index contributed by atoms with van der Waals surface area (Å²) >= 11 is 2.18. The van der Waals surface area contributed by atoms with Crippen molar-refractivity contribution in [3.63, 3.8) is 0 Å². The number of hydrogen-bond acceptors (Lipinski definition) is 3. The molecule has 0 aliphatic heterocycles. The molecule has 0 fully saturated rings. The zero-order chi connectivity index (χ0) is 13.4. The van der Waals surface area contributed by atoms with Gasteiger partial charge >= 0.3 is 0 Å². The molecular formula is C13H19IN2O2. The fourth-order valence-corrected chi connectivity index (χ4v) is 2.05. The third kappa shape index (κ3) is 5.32. The second kappa shape index (κ2) is 8.44. The van der Waals surface area contributed by atoms with Gasteiger partial charge in [0.15, 0.2) is 0 Å². The van der Waals surface area contributed by atoms with Crippen LogP contribution in [0.3, 0.4) is 0 Å². The van der Waals surface area contributed by atoms with Crippen molar-refractivity contribution in [2.45, 2.75) is 6.92 Å². The summed E-state index contributed by atoms with van der Waals surface area (Å²) in [6.45, 7) is 4.83. The number of halogens is 1. The van der Waals surface area contributed by atoms with E-state index in [0.717, 1.165) is 27.8 Å². The maximum absolute atomic E-state index is 11.9. The molecule has 1 aromatic rings. The van der Waals surface area contributed by atoms with Crippen LogP contribution in [0.1, 0.15) is 15.9 Å². The topological polar surface area (TPSA) is 50.4 Å². The van der Waals surface area contributed by atoms with Crippen molar-refractivity contribution in [2.75, 3.05) is 33.4 Å². The van der Waals surface area contributed by atoms with E-state index in [0.29, 0.717) is 13.2 Å². The van der Waals surface area contributed by atoms with Gasteiger partial charge in [-0.15, -0.1) is 0 Å². The molecule has 2 N–H and O–H groups in total. The Morgan fingerprint density at radius 3 is 2.83 bits per heavy atom. The lowest BCUT2D eigenvalue weighted by molar-refractivity contribution is 0.0952. The number of hydrogen-bond donors (Lipinski definition) is 2. The molecule has 5 heteroatoms. The summed E-state index contributed by atoms with van der Waals surface area (Å²) in [7, 11) is 1.67. The first-order chi connectivity index (χ1) is 8.65. The van der Waals surface area contributed by atoms with E-state index in [1.54, 1.807) is 7.11 Å². The molecule has 0 radical (unpaired) electrons. The van der Waals surface area contributed by atoms with Gasteiger partial charge in [-0.05, 0) is 41.6 Å². The van der Waals surface area contributed by atoms with Crippen LogP contribution in [0.25, 0.3) is 0 Å². The molecule has 0 saturated heterocycles. The van der Waals surface area contributed by atoms with Gasteiger partial charge in [0, 0.05) is 30.3 Å². The van der Waals surface area contributed by atoms with Crippen LogP contribution in [0.5, 0.6) is 0 Å². The van der Waals surface area contributed by atoms with E-state index in [-0.39, 0.29) is 5.91 Å². The van der Waals surface area contributed by atoms with E-state index in [2.05, 4.69) is 33.2 Å². The highest BCUT2D eigenvalue weighted by atomic mass is 127. The van der Waals surface area contributed by atoms with Crippen LogP contribution in [-0.2, 0) is 4.74 Å². The average molecular weight is 362 g/mol. The molecule has 1 aromatic carbocycles. The number of methoxy groups -OCH3 is 1. The van der Waals surface area contributed by atoms with Crippen LogP contribution in [0.4, 0.5) is 0 Å². The Bertz CT molecular complexity index is 397. The van der Waals surface area contributed by atoms with Crippen molar-refractivity contribution in [1.29, 1.82) is 0 Å². The van der Waals surface area contributed by atoms with E-state index < -0.39 is 0 Å². The minimum atomic E-state index is -0.0170. The lowest BCUT2D eigenvalue weighted by Gasteiger charge is -2.08. The molecular weight excluding hydrogens is 343 g/mol. The maximum Gasteiger partial charge on any atom is 0.252 e. The van der Waals surface area contributed by atoms with Gasteiger partial charge in [0.1, 0.15) is 0 Å². The Kier molecular flexibility index (Phi) is 7.22. The molecule has 0 atom stereocenters. The maximum atomic E-state index is 11.9. The summed E-state index contributed by atoms with van der Waals surface area (Å²) in [6.07, 6.45) is 0. The van der Waals surface area contributed by atoms with Crippen LogP contribution in [0.2, 0.25) is 0 Å². The summed E-state index contributed by atoms with van der Waals surface area (Å²) in [5, 5.41) is 6.07. The molecule has 0 aliphatic carbocycles. The molecule has 0 saturated carbocycles. The van der Waals surface area contributed by atoms with Crippen molar-refractivity contribution >= 4 is 28.5 Å². The van der Waals surface area contributed by atoms with Gasteiger partial charge in [-0.25, -0.2) is 0 Å². The predicted octanol–water partition coefficient (Wildman–Crippen LogP) is 1.57. The summed E-state index contributed by atoms with van der Waals surface area (Å²) in [5.41, 5.74) is 1.84. The average Bonchev–Trinajstić information content (AvgIpc) is 2.36. The Labute approximate surface area is 122 Å². The third-order valence-corrected chi connectivity index (χ3v) is 3.38. The zero-order valence-corrected chi connectivity index (χ0v) is 12.9. The quantitative estimate of drug-likeness (QED) is 0.572. The number of amides is 1. The van der Waals surface area contributed by atoms with Gasteiger partial charge in [0.2, 0.25) is 0 Å². The van der Waals surface area contributed by atoms with Crippen molar-refractivity contribution in [1.82, 2.24) is 10.6 Å². The monoisotopic (exact) mass is 362 g/mol. The highest BCUT2D eigenvalue weighted by Gasteiger charge is 2.08. The summed E-state index contributed by atoms with van der Waals surface area (Å²) in [6, 6.07) is 5.88. The minimum absolute atomic E-state index is 0.0170. The molecule has 0 aliphatic rings. The number of carbonyl (C=O) groups is 1. The standard InChI is InChI=1S/C13H19IN2O2/c1-10-3-4-12(14)11(9-10)13(17)16-6-5-15-7-8-18-2/h3-4,9,15H,5-8H2,1-2H3,(H,16,17). The van der Waals surface area contributed by atoms with Crippen LogP contribution < -0.4 is 10.6 Å². The zero-order valence-electron chi connectivity index (χ0n) is 10.8. The van der Waals surface area contributed by atoms with Crippen molar-refractivity contribution in [2.24, 2.45) is 0 Å². The molecule has 4 nitrogen and oxygen atoms in total. The number of nitrogens with one attached hydrogen (secondary N) is 2. The van der Waals surface area contributed by atoms with Crippen molar-refractivity contribution < 1.29 is 9.53 Å². The molecule has 0 heterocycles. The Hall–Kier alpha value is -0.660. The normalized spacial score (nSPS) is 10.4. The van der Waals surface area contributed by atoms with Gasteiger partial charge in [0.05, 0.1) is 12.2 Å². The first-order valence-electron chi connectivity index (χ1n) is 5.89. The Morgan fingerprint density at radius 2 is 2.11 bits per heavy atom. The van der Waals surface area contributed by atoms with Crippen LogP contribution in [0, 0.1) is 10.5 Å². The number of ether oxygens (including phenoxy) is 1. The SMILES string of the molecule is COCCNCCNC(=O)c1cc(C)ccc1I. The Morgan fingerprint density at radius 1 is 1.33 bits per heavy atom. The highest BCUT2D eigenvalue weighted by molar-refractivity contribution is 14.1. The summed E-state index contributed by atoms with van der Waals surface area (Å²) < 4.78 is 5.89. The third-order valence-electron chi connectivity index (χ3n) is 2.44. The largest absolute Gasteiger partial charge is 0.383 e. The minimum Gasteiger partial charge on any atom is -0.383 e. The van der Waals surface area contributed by atoms with E-state index in [9.17, 15) is 4.79 Å². The first-order valence-corrected chi connectivity index (χ1v) is 6.97. The first kappa shape index (κ1) is 15.4. The molecule has 1 amide bonds. The van der Waals surface area contributed by atoms with E-state index in [4.69, 9.17) is 4.74 Å². The van der Waals surface area contributed by atoms with Gasteiger partial charge in [-0.3, -0.25) is 4.79 Å². The lowest BCUT2D eigenvalue weighted by Crippen LogP contribution is -2.33. The summed E-state index contributed by atoms with van der Waals surface area (Å²) in [4.78, 5) is 11.9. The second-order valence-corrected chi connectivity index (χ2v) is 5.14. The fourth-order valence-electron chi connectivity index (χ4n) is 1.47. The van der Waals surface area contributed by atoms with Gasteiger partial charge in [-0.2, -0.15) is 0 Å². The molecule has 1 rings (SSSR count). The lowest BCUT2D eigenvalue weighted by atomic mass is 10.1. The molecule has 0 bridgehead atoms. The second-order valence-electron chi connectivity index (χ2n) is 3.98. The molecule has 0 aromatic heterocycles. The number of carbonyl (C=O) groups excluding carboxylic acids is 1. The predicted molar refractivity (Wildman–Crippen MR) is 81.0 cm³/mol. The van der Waals surface area contributed by atoms with Gasteiger partial charge < -0.3 is 15.4 Å². The smallest absolute Gasteiger partial charge is 0.252 e. The fraction of sp³-hybridized carbons (Fsp3) is 0.462. The number of rotatable bonds is 7. The van der Waals surface area contributed by atoms with E-state index >= 15 is 0 Å². The van der Waals surface area contributed by atoms with Gasteiger partial charge in [0.25, 0.3) is 5.91 Å². The molecule has 100 valence electrons. The highest BCUT2D eigenvalue weighted by Crippen LogP contribution is 2.13. The number of benzene rings is 1. The van der Waals surface area contributed by atoms with Crippen LogP contribution >= 0.6 is 22.6 Å². The van der Waals surface area contributed by atoms with Crippen molar-refractivity contribution in [3.05, 3.63) is 32.9 Å². The Balaban J connectivity index is 2.34. The van der Waals surface area contributed by atoms with Crippen molar-refractivity contribution in [3.8, 4) is 0 Å².